The van der Waals surface area contributed by atoms with Crippen molar-refractivity contribution in [3.63, 3.8) is 0 Å². The summed E-state index contributed by atoms with van der Waals surface area (Å²) in [6, 6.07) is 6.30. The number of anilines is 1. The first-order valence-electron chi connectivity index (χ1n) is 5.27. The average molecular weight is 234 g/mol. The zero-order valence-corrected chi connectivity index (χ0v) is 9.51. The van der Waals surface area contributed by atoms with E-state index in [4.69, 9.17) is 11.0 Å². The van der Waals surface area contributed by atoms with Gasteiger partial charge in [0.05, 0.1) is 4.92 Å². The largest absolute Gasteiger partial charge is 0.381 e. The molecule has 1 atom stereocenters. The van der Waals surface area contributed by atoms with E-state index < -0.39 is 4.92 Å². The van der Waals surface area contributed by atoms with Gasteiger partial charge in [-0.15, -0.1) is 0 Å². The van der Waals surface area contributed by atoms with Crippen LogP contribution in [0, 0.1) is 21.4 Å². The second kappa shape index (κ2) is 5.82. The van der Waals surface area contributed by atoms with Crippen LogP contribution in [0.15, 0.2) is 18.2 Å². The zero-order chi connectivity index (χ0) is 12.8. The van der Waals surface area contributed by atoms with E-state index in [0.717, 1.165) is 6.42 Å². The summed E-state index contributed by atoms with van der Waals surface area (Å²) < 4.78 is 0. The van der Waals surface area contributed by atoms with Crippen molar-refractivity contribution >= 4 is 11.4 Å². The number of nitro benzene ring substituents is 1. The lowest BCUT2D eigenvalue weighted by molar-refractivity contribution is -0.385. The van der Waals surface area contributed by atoms with Crippen molar-refractivity contribution in [1.29, 1.82) is 5.26 Å². The van der Waals surface area contributed by atoms with E-state index in [-0.39, 0.29) is 17.3 Å². The molecule has 0 aliphatic heterocycles. The van der Waals surface area contributed by atoms with Gasteiger partial charge in [0.1, 0.15) is 11.6 Å². The van der Waals surface area contributed by atoms with E-state index in [2.05, 4.69) is 5.32 Å². The van der Waals surface area contributed by atoms with E-state index in [1.54, 1.807) is 12.1 Å². The molecular formula is C11H14N4O2. The lowest BCUT2D eigenvalue weighted by Gasteiger charge is -2.15. The molecule has 6 nitrogen and oxygen atoms in total. The molecule has 3 N–H and O–H groups in total. The predicted molar refractivity (Wildman–Crippen MR) is 64.6 cm³/mol. The highest BCUT2D eigenvalue weighted by atomic mass is 16.6. The number of benzene rings is 1. The highest BCUT2D eigenvalue weighted by Gasteiger charge is 2.15. The van der Waals surface area contributed by atoms with Crippen LogP contribution in [0.4, 0.5) is 11.4 Å². The molecule has 1 aromatic rings. The van der Waals surface area contributed by atoms with E-state index in [1.165, 1.54) is 12.1 Å². The Morgan fingerprint density at radius 1 is 1.65 bits per heavy atom. The molecule has 0 fully saturated rings. The van der Waals surface area contributed by atoms with E-state index >= 15 is 0 Å². The summed E-state index contributed by atoms with van der Waals surface area (Å²) in [7, 11) is 0. The van der Waals surface area contributed by atoms with Crippen LogP contribution in [0.25, 0.3) is 0 Å². The van der Waals surface area contributed by atoms with Crippen LogP contribution in [0.5, 0.6) is 0 Å². The SMILES string of the molecule is CCC(CN)Nc1ccc(C#N)c([N+](=O)[O-])c1. The molecule has 0 bridgehead atoms. The Hall–Kier alpha value is -2.13. The monoisotopic (exact) mass is 234 g/mol. The van der Waals surface area contributed by atoms with Gasteiger partial charge in [-0.1, -0.05) is 6.92 Å². The van der Waals surface area contributed by atoms with Crippen molar-refractivity contribution in [3.05, 3.63) is 33.9 Å². The fraction of sp³-hybridized carbons (Fsp3) is 0.364. The molecule has 1 unspecified atom stereocenters. The highest BCUT2D eigenvalue weighted by Crippen LogP contribution is 2.23. The molecular weight excluding hydrogens is 220 g/mol. The number of nitrogens with zero attached hydrogens (tertiary/aromatic N) is 2. The maximum atomic E-state index is 10.8. The minimum absolute atomic E-state index is 0.0568. The Labute approximate surface area is 99.2 Å². The van der Waals surface area contributed by atoms with Gasteiger partial charge in [-0.05, 0) is 18.6 Å². The van der Waals surface area contributed by atoms with Gasteiger partial charge < -0.3 is 11.1 Å². The van der Waals surface area contributed by atoms with Crippen molar-refractivity contribution < 1.29 is 4.92 Å². The van der Waals surface area contributed by atoms with Crippen LogP contribution in [0.3, 0.4) is 0 Å². The lowest BCUT2D eigenvalue weighted by Crippen LogP contribution is -2.27. The quantitative estimate of drug-likeness (QED) is 0.594. The fourth-order valence-corrected chi connectivity index (χ4v) is 1.43. The predicted octanol–water partition coefficient (Wildman–Crippen LogP) is 1.62. The number of nitro groups is 1. The van der Waals surface area contributed by atoms with Gasteiger partial charge in [0, 0.05) is 24.3 Å². The second-order valence-electron chi connectivity index (χ2n) is 3.59. The van der Waals surface area contributed by atoms with Gasteiger partial charge in [-0.3, -0.25) is 10.1 Å². The molecule has 17 heavy (non-hydrogen) atoms. The summed E-state index contributed by atoms with van der Waals surface area (Å²) in [6.07, 6.45) is 0.824. The fourth-order valence-electron chi connectivity index (χ4n) is 1.43. The molecule has 0 aliphatic carbocycles. The summed E-state index contributed by atoms with van der Waals surface area (Å²) in [4.78, 5) is 10.2. The third-order valence-electron chi connectivity index (χ3n) is 2.46. The summed E-state index contributed by atoms with van der Waals surface area (Å²) in [5.41, 5.74) is 6.01. The Kier molecular flexibility index (Phi) is 4.43. The van der Waals surface area contributed by atoms with Crippen molar-refractivity contribution in [1.82, 2.24) is 0 Å². The van der Waals surface area contributed by atoms with Crippen LogP contribution in [-0.4, -0.2) is 17.5 Å². The first kappa shape index (κ1) is 12.9. The Morgan fingerprint density at radius 3 is 2.82 bits per heavy atom. The summed E-state index contributed by atoms with van der Waals surface area (Å²) >= 11 is 0. The molecule has 0 heterocycles. The molecule has 90 valence electrons. The van der Waals surface area contributed by atoms with Gasteiger partial charge in [0.25, 0.3) is 5.69 Å². The van der Waals surface area contributed by atoms with Gasteiger partial charge in [-0.2, -0.15) is 5.26 Å². The Balaban J connectivity index is 3.01. The number of rotatable bonds is 5. The molecule has 0 aliphatic rings. The van der Waals surface area contributed by atoms with Gasteiger partial charge >= 0.3 is 0 Å². The van der Waals surface area contributed by atoms with Crippen LogP contribution in [0.1, 0.15) is 18.9 Å². The topological polar surface area (TPSA) is 105 Å². The summed E-state index contributed by atoms with van der Waals surface area (Å²) in [5.74, 6) is 0. The first-order chi connectivity index (χ1) is 8.12. The number of hydrogen-bond acceptors (Lipinski definition) is 5. The van der Waals surface area contributed by atoms with Crippen LogP contribution < -0.4 is 11.1 Å². The molecule has 0 saturated carbocycles. The molecule has 6 heteroatoms. The highest BCUT2D eigenvalue weighted by molar-refractivity contribution is 5.59. The van der Waals surface area contributed by atoms with Gasteiger partial charge in [-0.25, -0.2) is 0 Å². The maximum Gasteiger partial charge on any atom is 0.289 e. The van der Waals surface area contributed by atoms with Gasteiger partial charge in [0.2, 0.25) is 0 Å². The average Bonchev–Trinajstić information content (AvgIpc) is 2.35. The van der Waals surface area contributed by atoms with E-state index in [1.807, 2.05) is 6.92 Å². The lowest BCUT2D eigenvalue weighted by atomic mass is 10.1. The minimum Gasteiger partial charge on any atom is -0.381 e. The van der Waals surface area contributed by atoms with Crippen molar-refractivity contribution in [2.75, 3.05) is 11.9 Å². The van der Waals surface area contributed by atoms with E-state index in [9.17, 15) is 10.1 Å². The van der Waals surface area contributed by atoms with Crippen LogP contribution in [0.2, 0.25) is 0 Å². The third-order valence-corrected chi connectivity index (χ3v) is 2.46. The standard InChI is InChI=1S/C11H14N4O2/c1-2-9(7-13)14-10-4-3-8(6-12)11(5-10)15(16)17/h3-5,9,14H,2,7,13H2,1H3. The normalized spacial score (nSPS) is 11.6. The number of nitriles is 1. The number of nitrogens with one attached hydrogen (secondary N) is 1. The molecule has 0 spiro atoms. The second-order valence-corrected chi connectivity index (χ2v) is 3.59. The minimum atomic E-state index is -0.562. The Morgan fingerprint density at radius 2 is 2.35 bits per heavy atom. The van der Waals surface area contributed by atoms with Crippen molar-refractivity contribution in [3.8, 4) is 6.07 Å². The van der Waals surface area contributed by atoms with Crippen LogP contribution >= 0.6 is 0 Å². The van der Waals surface area contributed by atoms with Crippen molar-refractivity contribution in [2.24, 2.45) is 5.73 Å². The summed E-state index contributed by atoms with van der Waals surface area (Å²) in [6.45, 7) is 2.42. The third kappa shape index (κ3) is 3.16. The first-order valence-corrected chi connectivity index (χ1v) is 5.27. The zero-order valence-electron chi connectivity index (χ0n) is 9.51. The molecule has 0 saturated heterocycles. The number of hydrogen-bond donors (Lipinski definition) is 2. The Bertz CT molecular complexity index is 449. The summed E-state index contributed by atoms with van der Waals surface area (Å²) in [5, 5.41) is 22.6. The molecule has 1 aromatic carbocycles. The molecule has 0 radical (unpaired) electrons. The maximum absolute atomic E-state index is 10.8. The van der Waals surface area contributed by atoms with Crippen LogP contribution in [-0.2, 0) is 0 Å². The van der Waals surface area contributed by atoms with E-state index in [0.29, 0.717) is 12.2 Å². The number of nitrogens with two attached hydrogens (primary N) is 1. The smallest absolute Gasteiger partial charge is 0.289 e. The molecule has 0 aromatic heterocycles. The molecule has 1 rings (SSSR count). The van der Waals surface area contributed by atoms with Crippen molar-refractivity contribution in [2.45, 2.75) is 19.4 Å². The van der Waals surface area contributed by atoms with Gasteiger partial charge in [0.15, 0.2) is 0 Å². The molecule has 0 amide bonds.